The van der Waals surface area contributed by atoms with Crippen LogP contribution >= 0.6 is 15.9 Å². The van der Waals surface area contributed by atoms with Crippen LogP contribution in [0.1, 0.15) is 11.1 Å². The van der Waals surface area contributed by atoms with Crippen LogP contribution in [0.4, 0.5) is 5.69 Å². The van der Waals surface area contributed by atoms with Crippen LogP contribution in [0.25, 0.3) is 11.0 Å². The van der Waals surface area contributed by atoms with E-state index >= 15 is 0 Å². The normalized spacial score (nSPS) is 10.8. The topological polar surface area (TPSA) is 63.8 Å². The lowest BCUT2D eigenvalue weighted by molar-refractivity contribution is 1.01. The highest BCUT2D eigenvalue weighted by atomic mass is 79.9. The van der Waals surface area contributed by atoms with Crippen LogP contribution in [0, 0.1) is 0 Å². The fourth-order valence-corrected chi connectivity index (χ4v) is 2.59. The lowest BCUT2D eigenvalue weighted by Gasteiger charge is -2.11. The van der Waals surface area contributed by atoms with Gasteiger partial charge in [-0.2, -0.15) is 0 Å². The number of fused-ring (bicyclic) bond motifs is 1. The molecule has 0 amide bonds. The quantitative estimate of drug-likeness (QED) is 0.761. The Morgan fingerprint density at radius 3 is 2.71 bits per heavy atom. The van der Waals surface area contributed by atoms with Gasteiger partial charge < -0.3 is 11.1 Å². The van der Waals surface area contributed by atoms with Crippen molar-refractivity contribution in [2.45, 2.75) is 13.1 Å². The Hall–Kier alpha value is -1.98. The molecule has 3 aromatic rings. The first-order valence-corrected chi connectivity index (χ1v) is 7.48. The molecule has 0 bridgehead atoms. The van der Waals surface area contributed by atoms with Crippen molar-refractivity contribution in [2.75, 3.05) is 5.32 Å². The summed E-state index contributed by atoms with van der Waals surface area (Å²) in [5.74, 6) is 0. The summed E-state index contributed by atoms with van der Waals surface area (Å²) < 4.78 is 0.924. The monoisotopic (exact) mass is 342 g/mol. The highest BCUT2D eigenvalue weighted by Crippen LogP contribution is 2.22. The van der Waals surface area contributed by atoms with Crippen LogP contribution in [0.3, 0.4) is 0 Å². The summed E-state index contributed by atoms with van der Waals surface area (Å²) in [5.41, 5.74) is 10.8. The van der Waals surface area contributed by atoms with Crippen molar-refractivity contribution >= 4 is 32.7 Å². The van der Waals surface area contributed by atoms with Gasteiger partial charge in [0, 0.05) is 30.0 Å². The molecule has 0 saturated heterocycles. The maximum Gasteiger partial charge on any atom is 0.112 e. The highest BCUT2D eigenvalue weighted by molar-refractivity contribution is 9.10. The first-order valence-electron chi connectivity index (χ1n) is 6.69. The number of anilines is 1. The average molecular weight is 343 g/mol. The molecule has 0 atom stereocenters. The summed E-state index contributed by atoms with van der Waals surface area (Å²) in [4.78, 5) is 8.78. The predicted molar refractivity (Wildman–Crippen MR) is 88.9 cm³/mol. The van der Waals surface area contributed by atoms with E-state index in [1.54, 1.807) is 12.4 Å². The molecule has 0 radical (unpaired) electrons. The van der Waals surface area contributed by atoms with E-state index in [2.05, 4.69) is 43.3 Å². The van der Waals surface area contributed by atoms with Crippen molar-refractivity contribution in [2.24, 2.45) is 5.73 Å². The van der Waals surface area contributed by atoms with Crippen LogP contribution in [-0.2, 0) is 13.1 Å². The minimum Gasteiger partial charge on any atom is -0.379 e. The van der Waals surface area contributed by atoms with Crippen molar-refractivity contribution in [1.29, 1.82) is 0 Å². The number of nitrogens with two attached hydrogens (primary N) is 1. The van der Waals surface area contributed by atoms with Crippen LogP contribution in [0.2, 0.25) is 0 Å². The van der Waals surface area contributed by atoms with Gasteiger partial charge in [0.15, 0.2) is 0 Å². The Labute approximate surface area is 131 Å². The van der Waals surface area contributed by atoms with Gasteiger partial charge in [0.25, 0.3) is 0 Å². The Bertz CT molecular complexity index is 773. The van der Waals surface area contributed by atoms with Gasteiger partial charge >= 0.3 is 0 Å². The molecule has 5 heteroatoms. The molecular formula is C16H15BrN4. The Kier molecular flexibility index (Phi) is 4.13. The van der Waals surface area contributed by atoms with Crippen molar-refractivity contribution in [3.8, 4) is 0 Å². The first-order chi connectivity index (χ1) is 10.3. The molecule has 3 N–H and O–H groups in total. The SMILES string of the molecule is NCc1ccccc1CNc1ccnc2cc(Br)cnc12. The van der Waals surface area contributed by atoms with Gasteiger partial charge in [0.05, 0.1) is 11.2 Å². The molecule has 21 heavy (non-hydrogen) atoms. The van der Waals surface area contributed by atoms with E-state index in [9.17, 15) is 0 Å². The molecule has 0 fully saturated rings. The molecule has 0 aliphatic heterocycles. The first kappa shape index (κ1) is 14.0. The van der Waals surface area contributed by atoms with Gasteiger partial charge in [0.2, 0.25) is 0 Å². The van der Waals surface area contributed by atoms with E-state index in [1.807, 2.05) is 24.3 Å². The molecule has 0 aliphatic rings. The van der Waals surface area contributed by atoms with Crippen LogP contribution < -0.4 is 11.1 Å². The van der Waals surface area contributed by atoms with Crippen molar-refractivity contribution < 1.29 is 0 Å². The third-order valence-electron chi connectivity index (χ3n) is 3.35. The van der Waals surface area contributed by atoms with Crippen LogP contribution in [0.15, 0.2) is 53.3 Å². The lowest BCUT2D eigenvalue weighted by Crippen LogP contribution is -2.06. The number of hydrogen-bond donors (Lipinski definition) is 2. The average Bonchev–Trinajstić information content (AvgIpc) is 2.52. The summed E-state index contributed by atoms with van der Waals surface area (Å²) in [6.45, 7) is 1.25. The fourth-order valence-electron chi connectivity index (χ4n) is 2.27. The van der Waals surface area contributed by atoms with E-state index < -0.39 is 0 Å². The number of nitrogens with zero attached hydrogens (tertiary/aromatic N) is 2. The number of benzene rings is 1. The van der Waals surface area contributed by atoms with Gasteiger partial charge in [-0.1, -0.05) is 24.3 Å². The smallest absolute Gasteiger partial charge is 0.112 e. The minimum absolute atomic E-state index is 0.542. The van der Waals surface area contributed by atoms with Crippen LogP contribution in [0.5, 0.6) is 0 Å². The Balaban J connectivity index is 1.88. The molecule has 3 rings (SSSR count). The summed E-state index contributed by atoms with van der Waals surface area (Å²) in [6.07, 6.45) is 3.57. The summed E-state index contributed by atoms with van der Waals surface area (Å²) in [5, 5.41) is 3.42. The zero-order chi connectivity index (χ0) is 14.7. The van der Waals surface area contributed by atoms with Crippen molar-refractivity contribution in [1.82, 2.24) is 9.97 Å². The second kappa shape index (κ2) is 6.20. The molecule has 0 aliphatic carbocycles. The molecule has 4 nitrogen and oxygen atoms in total. The fraction of sp³-hybridized carbons (Fsp3) is 0.125. The standard InChI is InChI=1S/C16H15BrN4/c17-13-7-15-16(21-10-13)14(5-6-19-15)20-9-12-4-2-1-3-11(12)8-18/h1-7,10H,8-9,18H2,(H,19,20). The Morgan fingerprint density at radius 1 is 1.10 bits per heavy atom. The number of halogens is 1. The summed E-state index contributed by atoms with van der Waals surface area (Å²) in [7, 11) is 0. The summed E-state index contributed by atoms with van der Waals surface area (Å²) >= 11 is 3.41. The zero-order valence-electron chi connectivity index (χ0n) is 11.4. The molecule has 106 valence electrons. The van der Waals surface area contributed by atoms with E-state index in [4.69, 9.17) is 5.73 Å². The molecule has 0 saturated carbocycles. The van der Waals surface area contributed by atoms with Gasteiger partial charge in [-0.25, -0.2) is 0 Å². The molecular weight excluding hydrogens is 328 g/mol. The lowest BCUT2D eigenvalue weighted by atomic mass is 10.1. The Morgan fingerprint density at radius 2 is 1.90 bits per heavy atom. The number of nitrogens with one attached hydrogen (secondary N) is 1. The van der Waals surface area contributed by atoms with E-state index in [0.717, 1.165) is 26.8 Å². The van der Waals surface area contributed by atoms with E-state index in [1.165, 1.54) is 5.56 Å². The molecule has 0 unspecified atom stereocenters. The highest BCUT2D eigenvalue weighted by Gasteiger charge is 2.05. The molecule has 2 aromatic heterocycles. The van der Waals surface area contributed by atoms with Crippen LogP contribution in [-0.4, -0.2) is 9.97 Å². The number of hydrogen-bond acceptors (Lipinski definition) is 4. The second-order valence-corrected chi connectivity index (χ2v) is 5.62. The van der Waals surface area contributed by atoms with E-state index in [0.29, 0.717) is 13.1 Å². The number of pyridine rings is 2. The minimum atomic E-state index is 0.542. The zero-order valence-corrected chi connectivity index (χ0v) is 13.0. The van der Waals surface area contributed by atoms with Crippen molar-refractivity contribution in [3.05, 3.63) is 64.4 Å². The predicted octanol–water partition coefficient (Wildman–Crippen LogP) is 3.46. The van der Waals surface area contributed by atoms with Crippen molar-refractivity contribution in [3.63, 3.8) is 0 Å². The maximum atomic E-state index is 5.77. The molecule has 1 aromatic carbocycles. The number of rotatable bonds is 4. The van der Waals surface area contributed by atoms with Gasteiger partial charge in [-0.15, -0.1) is 0 Å². The number of aromatic nitrogens is 2. The van der Waals surface area contributed by atoms with Gasteiger partial charge in [-0.3, -0.25) is 9.97 Å². The molecule has 2 heterocycles. The molecule has 0 spiro atoms. The summed E-state index contributed by atoms with van der Waals surface area (Å²) in [6, 6.07) is 12.1. The van der Waals surface area contributed by atoms with Gasteiger partial charge in [0.1, 0.15) is 5.52 Å². The van der Waals surface area contributed by atoms with E-state index in [-0.39, 0.29) is 0 Å². The maximum absolute atomic E-state index is 5.77. The largest absolute Gasteiger partial charge is 0.379 e. The third-order valence-corrected chi connectivity index (χ3v) is 3.79. The van der Waals surface area contributed by atoms with Gasteiger partial charge in [-0.05, 0) is 39.2 Å². The third kappa shape index (κ3) is 3.04. The second-order valence-electron chi connectivity index (χ2n) is 4.71.